The van der Waals surface area contributed by atoms with E-state index in [1.165, 1.54) is 31.7 Å². The molecule has 0 aliphatic rings. The molecule has 0 aliphatic carbocycles. The zero-order chi connectivity index (χ0) is 22.5. The van der Waals surface area contributed by atoms with Crippen LogP contribution < -0.4 is 9.62 Å². The van der Waals surface area contributed by atoms with E-state index >= 15 is 0 Å². The second-order valence-electron chi connectivity index (χ2n) is 7.93. The summed E-state index contributed by atoms with van der Waals surface area (Å²) in [6, 6.07) is 10.3. The largest absolute Gasteiger partial charge is 0.493 e. The highest BCUT2D eigenvalue weighted by Gasteiger charge is 2.14. The van der Waals surface area contributed by atoms with Gasteiger partial charge in [0.25, 0.3) is 0 Å². The molecule has 2 aromatic carbocycles. The second-order valence-corrected chi connectivity index (χ2v) is 7.93. The number of ether oxygens (including phenoxy) is 1. The SMILES string of the molecule is C=C(CO)CCOc1cccc(-c2cc(OO)cc(F)c2CCCCCCCCC)c1. The fourth-order valence-electron chi connectivity index (χ4n) is 3.58. The number of halogens is 1. The molecule has 0 radical (unpaired) electrons. The standard InChI is InChI=1S/C26H35FO4/c1-3-4-5-6-7-8-9-13-24-25(17-23(31-29)18-26(24)27)21-11-10-12-22(16-21)30-15-14-20(2)19-28/h10-12,16-18,28-29H,2-9,13-15,19H2,1H3. The van der Waals surface area contributed by atoms with Gasteiger partial charge in [0.2, 0.25) is 0 Å². The summed E-state index contributed by atoms with van der Waals surface area (Å²) in [4.78, 5) is 4.32. The lowest BCUT2D eigenvalue weighted by Gasteiger charge is -2.14. The average molecular weight is 431 g/mol. The summed E-state index contributed by atoms with van der Waals surface area (Å²) < 4.78 is 20.6. The highest BCUT2D eigenvalue weighted by molar-refractivity contribution is 5.70. The highest BCUT2D eigenvalue weighted by atomic mass is 19.1. The molecule has 0 bridgehead atoms. The van der Waals surface area contributed by atoms with Gasteiger partial charge in [0.1, 0.15) is 11.6 Å². The van der Waals surface area contributed by atoms with E-state index in [2.05, 4.69) is 18.4 Å². The molecule has 0 atom stereocenters. The summed E-state index contributed by atoms with van der Waals surface area (Å²) in [6.07, 6.45) is 9.32. The number of unbranched alkanes of at least 4 members (excludes halogenated alkanes) is 6. The third-order valence-electron chi connectivity index (χ3n) is 5.40. The Hall–Kier alpha value is -2.37. The molecule has 2 N–H and O–H groups in total. The number of aliphatic hydroxyl groups is 1. The predicted molar refractivity (Wildman–Crippen MR) is 123 cm³/mol. The Balaban J connectivity index is 2.12. The van der Waals surface area contributed by atoms with Gasteiger partial charge in [-0.05, 0) is 53.3 Å². The van der Waals surface area contributed by atoms with Crippen LogP contribution in [0.3, 0.4) is 0 Å². The van der Waals surface area contributed by atoms with E-state index < -0.39 is 0 Å². The molecule has 0 aromatic heterocycles. The third-order valence-corrected chi connectivity index (χ3v) is 5.40. The first-order valence-electron chi connectivity index (χ1n) is 11.2. The van der Waals surface area contributed by atoms with Crippen LogP contribution in [0.15, 0.2) is 48.6 Å². The van der Waals surface area contributed by atoms with E-state index in [4.69, 9.17) is 15.1 Å². The first-order valence-corrected chi connectivity index (χ1v) is 11.2. The molecule has 0 saturated carbocycles. The third kappa shape index (κ3) is 8.35. The highest BCUT2D eigenvalue weighted by Crippen LogP contribution is 2.33. The molecule has 31 heavy (non-hydrogen) atoms. The maximum Gasteiger partial charge on any atom is 0.168 e. The maximum absolute atomic E-state index is 14.8. The fourth-order valence-corrected chi connectivity index (χ4v) is 3.58. The number of aliphatic hydroxyl groups excluding tert-OH is 1. The van der Waals surface area contributed by atoms with Gasteiger partial charge < -0.3 is 14.7 Å². The van der Waals surface area contributed by atoms with Crippen LogP contribution >= 0.6 is 0 Å². The summed E-state index contributed by atoms with van der Waals surface area (Å²) in [5.41, 5.74) is 2.83. The first-order chi connectivity index (χ1) is 15.1. The van der Waals surface area contributed by atoms with Crippen molar-refractivity contribution in [3.05, 3.63) is 59.9 Å². The molecular weight excluding hydrogens is 395 g/mol. The van der Waals surface area contributed by atoms with Crippen LogP contribution in [0.4, 0.5) is 4.39 Å². The Labute approximate surface area is 185 Å². The molecule has 170 valence electrons. The normalized spacial score (nSPS) is 10.8. The lowest BCUT2D eigenvalue weighted by molar-refractivity contribution is -0.137. The quantitative estimate of drug-likeness (QED) is 0.139. The monoisotopic (exact) mass is 430 g/mol. The Kier molecular flexibility index (Phi) is 11.1. The number of hydrogen-bond acceptors (Lipinski definition) is 4. The topological polar surface area (TPSA) is 58.9 Å². The van der Waals surface area contributed by atoms with Crippen LogP contribution in [-0.4, -0.2) is 23.6 Å². The number of benzene rings is 2. The summed E-state index contributed by atoms with van der Waals surface area (Å²) in [7, 11) is 0. The van der Waals surface area contributed by atoms with Crippen molar-refractivity contribution < 1.29 is 24.4 Å². The van der Waals surface area contributed by atoms with E-state index in [1.54, 1.807) is 6.07 Å². The molecule has 0 heterocycles. The van der Waals surface area contributed by atoms with Crippen molar-refractivity contribution in [2.75, 3.05) is 13.2 Å². The van der Waals surface area contributed by atoms with E-state index in [1.807, 2.05) is 24.3 Å². The molecule has 0 aliphatic heterocycles. The number of hydrogen-bond donors (Lipinski definition) is 2. The average Bonchev–Trinajstić information content (AvgIpc) is 2.79. The van der Waals surface area contributed by atoms with Crippen molar-refractivity contribution in [3.8, 4) is 22.6 Å². The molecule has 2 rings (SSSR count). The van der Waals surface area contributed by atoms with Crippen molar-refractivity contribution in [2.24, 2.45) is 0 Å². The molecular formula is C26H35FO4. The molecule has 0 amide bonds. The Bertz CT molecular complexity index is 819. The van der Waals surface area contributed by atoms with E-state index in [9.17, 15) is 4.39 Å². The predicted octanol–water partition coefficient (Wildman–Crippen LogP) is 6.96. The van der Waals surface area contributed by atoms with Gasteiger partial charge in [0.15, 0.2) is 5.75 Å². The van der Waals surface area contributed by atoms with Crippen LogP contribution in [0.2, 0.25) is 0 Å². The lowest BCUT2D eigenvalue weighted by Crippen LogP contribution is -2.01. The van der Waals surface area contributed by atoms with Crippen molar-refractivity contribution in [1.82, 2.24) is 0 Å². The molecule has 4 nitrogen and oxygen atoms in total. The van der Waals surface area contributed by atoms with Crippen molar-refractivity contribution in [1.29, 1.82) is 0 Å². The van der Waals surface area contributed by atoms with Crippen LogP contribution in [0.1, 0.15) is 63.9 Å². The summed E-state index contributed by atoms with van der Waals surface area (Å²) in [5, 5.41) is 18.1. The van der Waals surface area contributed by atoms with Crippen molar-refractivity contribution in [2.45, 2.75) is 64.7 Å². The fraction of sp³-hybridized carbons (Fsp3) is 0.462. The van der Waals surface area contributed by atoms with E-state index in [0.717, 1.165) is 24.8 Å². The molecule has 0 saturated heterocycles. The zero-order valence-electron chi connectivity index (χ0n) is 18.5. The summed E-state index contributed by atoms with van der Waals surface area (Å²) >= 11 is 0. The molecule has 0 unspecified atom stereocenters. The van der Waals surface area contributed by atoms with Gasteiger partial charge in [0.05, 0.1) is 13.2 Å². The molecule has 5 heteroatoms. The Morgan fingerprint density at radius 2 is 1.74 bits per heavy atom. The van der Waals surface area contributed by atoms with Crippen LogP contribution in [0, 0.1) is 5.82 Å². The van der Waals surface area contributed by atoms with Crippen LogP contribution in [-0.2, 0) is 6.42 Å². The van der Waals surface area contributed by atoms with Gasteiger partial charge in [-0.3, -0.25) is 0 Å². The second kappa shape index (κ2) is 13.8. The molecule has 2 aromatic rings. The molecule has 0 spiro atoms. The van der Waals surface area contributed by atoms with Crippen molar-refractivity contribution in [3.63, 3.8) is 0 Å². The van der Waals surface area contributed by atoms with Gasteiger partial charge in [0, 0.05) is 12.5 Å². The van der Waals surface area contributed by atoms with Gasteiger partial charge in [-0.2, -0.15) is 0 Å². The Morgan fingerprint density at radius 3 is 2.45 bits per heavy atom. The lowest BCUT2D eigenvalue weighted by atomic mass is 9.94. The van der Waals surface area contributed by atoms with Crippen molar-refractivity contribution >= 4 is 0 Å². The van der Waals surface area contributed by atoms with E-state index in [-0.39, 0.29) is 18.2 Å². The first kappa shape index (κ1) is 24.9. The van der Waals surface area contributed by atoms with Gasteiger partial charge in [-0.25, -0.2) is 9.65 Å². The van der Waals surface area contributed by atoms with Gasteiger partial charge in [-0.15, -0.1) is 0 Å². The zero-order valence-corrected chi connectivity index (χ0v) is 18.5. The number of rotatable bonds is 15. The minimum atomic E-state index is -0.377. The van der Waals surface area contributed by atoms with E-state index in [0.29, 0.717) is 41.9 Å². The maximum atomic E-state index is 14.8. The van der Waals surface area contributed by atoms with Crippen LogP contribution in [0.25, 0.3) is 11.1 Å². The Morgan fingerprint density at radius 1 is 1.00 bits per heavy atom. The molecule has 0 fully saturated rings. The smallest absolute Gasteiger partial charge is 0.168 e. The van der Waals surface area contributed by atoms with Gasteiger partial charge in [-0.1, -0.05) is 64.2 Å². The van der Waals surface area contributed by atoms with Crippen LogP contribution in [0.5, 0.6) is 11.5 Å². The summed E-state index contributed by atoms with van der Waals surface area (Å²) in [6.45, 7) is 6.31. The van der Waals surface area contributed by atoms with Gasteiger partial charge >= 0.3 is 0 Å². The summed E-state index contributed by atoms with van der Waals surface area (Å²) in [5.74, 6) is 0.348. The minimum absolute atomic E-state index is 0.0570. The minimum Gasteiger partial charge on any atom is -0.493 e.